The first kappa shape index (κ1) is 26.8. The van der Waals surface area contributed by atoms with Crippen molar-refractivity contribution in [3.05, 3.63) is 113 Å². The first-order valence-electron chi connectivity index (χ1n) is 14.0. The van der Waals surface area contributed by atoms with Crippen molar-refractivity contribution in [2.45, 2.75) is 64.1 Å². The number of carbonyl (C=O) groups is 1. The zero-order valence-electron chi connectivity index (χ0n) is 22.7. The van der Waals surface area contributed by atoms with Crippen LogP contribution in [-0.4, -0.2) is 22.5 Å². The number of ether oxygens (including phenoxy) is 1. The van der Waals surface area contributed by atoms with Crippen LogP contribution in [0.3, 0.4) is 0 Å². The Morgan fingerprint density at radius 2 is 1.74 bits per heavy atom. The van der Waals surface area contributed by atoms with E-state index in [0.717, 1.165) is 56.6 Å². The quantitative estimate of drug-likeness (QED) is 0.238. The molecule has 3 unspecified atom stereocenters. The number of nitrogens with zero attached hydrogens (tertiary/aromatic N) is 1. The Kier molecular flexibility index (Phi) is 8.81. The first-order valence-corrected chi connectivity index (χ1v) is 14.0. The number of allylic oxidation sites excluding steroid dienone is 2. The zero-order chi connectivity index (χ0) is 27.0. The van der Waals surface area contributed by atoms with E-state index in [1.165, 1.54) is 22.3 Å². The molecule has 200 valence electrons. The molecule has 1 N–H and O–H groups in total. The van der Waals surface area contributed by atoms with E-state index in [4.69, 9.17) is 4.74 Å². The summed E-state index contributed by atoms with van der Waals surface area (Å²) in [5.41, 5.74) is 6.36. The van der Waals surface area contributed by atoms with Gasteiger partial charge in [0.25, 0.3) is 0 Å². The molecule has 1 aliphatic carbocycles. The van der Waals surface area contributed by atoms with Crippen LogP contribution in [-0.2, 0) is 24.3 Å². The minimum absolute atomic E-state index is 0.00559. The Labute approximate surface area is 232 Å². The molecule has 0 saturated heterocycles. The van der Waals surface area contributed by atoms with Gasteiger partial charge >= 0.3 is 5.97 Å². The van der Waals surface area contributed by atoms with Gasteiger partial charge < -0.3 is 9.84 Å². The van der Waals surface area contributed by atoms with Gasteiger partial charge in [0.05, 0.1) is 12.3 Å². The molecule has 5 rings (SSSR count). The molecule has 3 aromatic carbocycles. The molecular weight excluding hydrogens is 482 g/mol. The van der Waals surface area contributed by atoms with Gasteiger partial charge in [-0.25, -0.2) is 0 Å². The normalized spacial score (nSPS) is 18.3. The molecule has 1 aliphatic heterocycles. The van der Waals surface area contributed by atoms with Crippen molar-refractivity contribution in [3.63, 3.8) is 0 Å². The number of aliphatic carboxylic acids is 1. The van der Waals surface area contributed by atoms with Crippen molar-refractivity contribution in [1.82, 2.24) is 4.90 Å². The SMILES string of the molecule is CC#CC(CC(=O)O)c1ccc(OC(c2ccc(CN3CCc4ccccc4C3)cc2)C2CC=CCC2)cc1. The molecule has 0 radical (unpaired) electrons. The fourth-order valence-electron chi connectivity index (χ4n) is 5.81. The lowest BCUT2D eigenvalue weighted by Crippen LogP contribution is -2.30. The second-order valence-corrected chi connectivity index (χ2v) is 10.7. The summed E-state index contributed by atoms with van der Waals surface area (Å²) in [6, 6.07) is 25.6. The molecule has 1 heterocycles. The van der Waals surface area contributed by atoms with Crippen molar-refractivity contribution in [1.29, 1.82) is 0 Å². The third-order valence-electron chi connectivity index (χ3n) is 7.90. The summed E-state index contributed by atoms with van der Waals surface area (Å²) in [6.45, 7) is 4.79. The van der Waals surface area contributed by atoms with Crippen molar-refractivity contribution in [2.75, 3.05) is 6.54 Å². The predicted molar refractivity (Wildman–Crippen MR) is 155 cm³/mol. The minimum atomic E-state index is -0.845. The van der Waals surface area contributed by atoms with Gasteiger partial charge in [-0.3, -0.25) is 9.69 Å². The summed E-state index contributed by atoms with van der Waals surface area (Å²) >= 11 is 0. The van der Waals surface area contributed by atoms with E-state index in [1.54, 1.807) is 6.92 Å². The summed E-state index contributed by atoms with van der Waals surface area (Å²) < 4.78 is 6.65. The highest BCUT2D eigenvalue weighted by molar-refractivity contribution is 5.69. The lowest BCUT2D eigenvalue weighted by atomic mass is 9.85. The lowest BCUT2D eigenvalue weighted by Gasteiger charge is -2.30. The summed E-state index contributed by atoms with van der Waals surface area (Å²) in [5.74, 6) is 5.93. The van der Waals surface area contributed by atoms with E-state index in [9.17, 15) is 9.90 Å². The van der Waals surface area contributed by atoms with E-state index < -0.39 is 5.97 Å². The molecule has 3 atom stereocenters. The van der Waals surface area contributed by atoms with E-state index in [2.05, 4.69) is 77.4 Å². The van der Waals surface area contributed by atoms with Crippen LogP contribution in [0.15, 0.2) is 84.9 Å². The number of carboxylic acids is 1. The maximum Gasteiger partial charge on any atom is 0.304 e. The zero-order valence-corrected chi connectivity index (χ0v) is 22.7. The predicted octanol–water partition coefficient (Wildman–Crippen LogP) is 7.30. The summed E-state index contributed by atoms with van der Waals surface area (Å²) in [4.78, 5) is 13.8. The Balaban J connectivity index is 1.29. The maximum absolute atomic E-state index is 11.3. The van der Waals surface area contributed by atoms with Crippen LogP contribution in [0.4, 0.5) is 0 Å². The smallest absolute Gasteiger partial charge is 0.304 e. The second kappa shape index (κ2) is 12.8. The van der Waals surface area contributed by atoms with E-state index in [1.807, 2.05) is 24.3 Å². The number of carboxylic acid groups (broad SMARTS) is 1. The van der Waals surface area contributed by atoms with Crippen LogP contribution in [0.5, 0.6) is 5.75 Å². The van der Waals surface area contributed by atoms with E-state index in [0.29, 0.717) is 5.92 Å². The number of rotatable bonds is 9. The molecule has 0 spiro atoms. The Bertz CT molecular complexity index is 1350. The average Bonchev–Trinajstić information content (AvgIpc) is 2.97. The minimum Gasteiger partial charge on any atom is -0.485 e. The van der Waals surface area contributed by atoms with Crippen LogP contribution < -0.4 is 4.74 Å². The molecule has 2 aliphatic rings. The van der Waals surface area contributed by atoms with Gasteiger partial charge in [-0.2, -0.15) is 0 Å². The molecule has 4 nitrogen and oxygen atoms in total. The molecule has 0 bridgehead atoms. The molecule has 39 heavy (non-hydrogen) atoms. The van der Waals surface area contributed by atoms with Crippen molar-refractivity contribution < 1.29 is 14.6 Å². The highest BCUT2D eigenvalue weighted by Gasteiger charge is 2.26. The first-order chi connectivity index (χ1) is 19.1. The highest BCUT2D eigenvalue weighted by atomic mass is 16.5. The van der Waals surface area contributed by atoms with Gasteiger partial charge in [0, 0.05) is 25.6 Å². The summed E-state index contributed by atoms with van der Waals surface area (Å²) in [5, 5.41) is 9.27. The number of fused-ring (bicyclic) bond motifs is 1. The van der Waals surface area contributed by atoms with Crippen LogP contribution in [0.1, 0.15) is 72.4 Å². The molecule has 4 heteroatoms. The van der Waals surface area contributed by atoms with Crippen LogP contribution in [0.2, 0.25) is 0 Å². The fraction of sp³-hybridized carbons (Fsp3) is 0.343. The molecule has 0 amide bonds. The maximum atomic E-state index is 11.3. The number of hydrogen-bond acceptors (Lipinski definition) is 3. The summed E-state index contributed by atoms with van der Waals surface area (Å²) in [7, 11) is 0. The second-order valence-electron chi connectivity index (χ2n) is 10.7. The van der Waals surface area contributed by atoms with Gasteiger partial charge in [0.2, 0.25) is 0 Å². The largest absolute Gasteiger partial charge is 0.485 e. The van der Waals surface area contributed by atoms with Crippen molar-refractivity contribution in [3.8, 4) is 17.6 Å². The number of benzene rings is 3. The molecule has 0 saturated carbocycles. The Morgan fingerprint density at radius 3 is 2.44 bits per heavy atom. The Morgan fingerprint density at radius 1 is 1.00 bits per heavy atom. The van der Waals surface area contributed by atoms with Crippen LogP contribution >= 0.6 is 0 Å². The number of hydrogen-bond donors (Lipinski definition) is 1. The fourth-order valence-corrected chi connectivity index (χ4v) is 5.81. The van der Waals surface area contributed by atoms with Crippen LogP contribution in [0, 0.1) is 17.8 Å². The van der Waals surface area contributed by atoms with Gasteiger partial charge in [-0.1, -0.05) is 78.7 Å². The molecular formula is C35H37NO3. The van der Waals surface area contributed by atoms with Gasteiger partial charge in [-0.05, 0) is 72.6 Å². The van der Waals surface area contributed by atoms with E-state index in [-0.39, 0.29) is 18.4 Å². The average molecular weight is 520 g/mol. The monoisotopic (exact) mass is 519 g/mol. The molecule has 0 aromatic heterocycles. The van der Waals surface area contributed by atoms with Gasteiger partial charge in [0.15, 0.2) is 0 Å². The highest BCUT2D eigenvalue weighted by Crippen LogP contribution is 2.36. The van der Waals surface area contributed by atoms with Crippen LogP contribution in [0.25, 0.3) is 0 Å². The molecule has 0 fully saturated rings. The molecule has 3 aromatic rings. The summed E-state index contributed by atoms with van der Waals surface area (Å²) in [6.07, 6.45) is 8.78. The Hall–Kier alpha value is -3.81. The third-order valence-corrected chi connectivity index (χ3v) is 7.90. The van der Waals surface area contributed by atoms with Crippen molar-refractivity contribution in [2.24, 2.45) is 5.92 Å². The van der Waals surface area contributed by atoms with Gasteiger partial charge in [-0.15, -0.1) is 5.92 Å². The lowest BCUT2D eigenvalue weighted by molar-refractivity contribution is -0.137. The van der Waals surface area contributed by atoms with Gasteiger partial charge in [0.1, 0.15) is 11.9 Å². The van der Waals surface area contributed by atoms with Crippen molar-refractivity contribution >= 4 is 5.97 Å². The van der Waals surface area contributed by atoms with E-state index >= 15 is 0 Å². The standard InChI is InChI=1S/C35H37NO3/c1-2-8-31(23-34(37)38)28-17-19-33(20-18-28)39-35(29-10-4-3-5-11-29)30-15-13-26(14-16-30)24-36-22-21-27-9-6-7-12-32(27)25-36/h3-4,6-7,9,12-20,29,31,35H,5,10-11,21-25H2,1H3,(H,37,38). The third kappa shape index (κ3) is 6.99. The topological polar surface area (TPSA) is 49.8 Å².